The number of aromatic nitrogens is 3. The van der Waals surface area contributed by atoms with E-state index in [1.54, 1.807) is 0 Å². The highest BCUT2D eigenvalue weighted by Crippen LogP contribution is 2.26. The molecule has 3 rings (SSSR count). The summed E-state index contributed by atoms with van der Waals surface area (Å²) in [5.74, 6) is 2.38. The summed E-state index contributed by atoms with van der Waals surface area (Å²) in [6.07, 6.45) is 1.14. The largest absolute Gasteiger partial charge is 0.373 e. The van der Waals surface area contributed by atoms with E-state index >= 15 is 0 Å². The summed E-state index contributed by atoms with van der Waals surface area (Å²) in [5, 5.41) is 6.47. The van der Waals surface area contributed by atoms with E-state index in [1.807, 2.05) is 19.2 Å². The Kier molecular flexibility index (Phi) is 2.48. The zero-order chi connectivity index (χ0) is 11.8. The van der Waals surface area contributed by atoms with Crippen LogP contribution >= 0.6 is 0 Å². The fourth-order valence-corrected chi connectivity index (χ4v) is 2.46. The molecule has 0 aromatic carbocycles. The van der Waals surface area contributed by atoms with Gasteiger partial charge in [-0.3, -0.25) is 0 Å². The van der Waals surface area contributed by atoms with E-state index in [4.69, 9.17) is 0 Å². The third-order valence-corrected chi connectivity index (χ3v) is 3.50. The van der Waals surface area contributed by atoms with Gasteiger partial charge in [-0.1, -0.05) is 0 Å². The quantitative estimate of drug-likeness (QED) is 0.732. The molecule has 0 radical (unpaired) electrons. The number of hydrogen-bond donors (Lipinski definition) is 3. The molecule has 2 aromatic rings. The van der Waals surface area contributed by atoms with Crippen LogP contribution in [0.3, 0.4) is 0 Å². The van der Waals surface area contributed by atoms with Crippen LogP contribution in [0.4, 0.5) is 5.82 Å². The zero-order valence-electron chi connectivity index (χ0n) is 10.1. The molecule has 0 spiro atoms. The Labute approximate surface area is 100 Å². The summed E-state index contributed by atoms with van der Waals surface area (Å²) in [7, 11) is 1.87. The minimum absolute atomic E-state index is 0.474. The molecule has 5 nitrogen and oxygen atoms in total. The molecule has 5 heteroatoms. The van der Waals surface area contributed by atoms with Gasteiger partial charge >= 0.3 is 0 Å². The van der Waals surface area contributed by atoms with Gasteiger partial charge in [-0.05, 0) is 32.0 Å². The van der Waals surface area contributed by atoms with Crippen LogP contribution in [-0.2, 0) is 0 Å². The standard InChI is InChI=1S/C12H17N5/c1-7-8(5-6-14-7)11-15-9-3-4-10(13-2)16-12(9)17-11/h3-4,7-8,14H,5-6H2,1-2H3,(H2,13,15,16,17). The van der Waals surface area contributed by atoms with E-state index in [9.17, 15) is 0 Å². The molecule has 1 saturated heterocycles. The number of rotatable bonds is 2. The molecular weight excluding hydrogens is 214 g/mol. The first-order valence-corrected chi connectivity index (χ1v) is 6.05. The van der Waals surface area contributed by atoms with E-state index in [-0.39, 0.29) is 0 Å². The van der Waals surface area contributed by atoms with Gasteiger partial charge in [0, 0.05) is 19.0 Å². The van der Waals surface area contributed by atoms with Crippen molar-refractivity contribution in [2.45, 2.75) is 25.3 Å². The van der Waals surface area contributed by atoms with Crippen molar-refractivity contribution >= 4 is 17.0 Å². The summed E-state index contributed by atoms with van der Waals surface area (Å²) in [4.78, 5) is 12.4. The van der Waals surface area contributed by atoms with Crippen molar-refractivity contribution in [3.05, 3.63) is 18.0 Å². The topological polar surface area (TPSA) is 65.6 Å². The van der Waals surface area contributed by atoms with Crippen molar-refractivity contribution in [2.24, 2.45) is 0 Å². The Morgan fingerprint density at radius 3 is 2.94 bits per heavy atom. The van der Waals surface area contributed by atoms with Gasteiger partial charge in [0.25, 0.3) is 0 Å². The molecule has 2 unspecified atom stereocenters. The first-order valence-electron chi connectivity index (χ1n) is 6.05. The van der Waals surface area contributed by atoms with Crippen LogP contribution in [0.2, 0.25) is 0 Å². The van der Waals surface area contributed by atoms with Gasteiger partial charge in [0.1, 0.15) is 11.6 Å². The second-order valence-electron chi connectivity index (χ2n) is 4.58. The second kappa shape index (κ2) is 4.00. The Balaban J connectivity index is 2.01. The third-order valence-electron chi connectivity index (χ3n) is 3.50. The number of pyridine rings is 1. The van der Waals surface area contributed by atoms with Crippen molar-refractivity contribution in [3.63, 3.8) is 0 Å². The maximum atomic E-state index is 4.61. The van der Waals surface area contributed by atoms with Gasteiger partial charge in [0.05, 0.1) is 5.52 Å². The van der Waals surface area contributed by atoms with Crippen molar-refractivity contribution in [2.75, 3.05) is 18.9 Å². The summed E-state index contributed by atoms with van der Waals surface area (Å²) in [5.41, 5.74) is 1.81. The van der Waals surface area contributed by atoms with Crippen LogP contribution < -0.4 is 10.6 Å². The molecule has 0 amide bonds. The van der Waals surface area contributed by atoms with E-state index in [1.165, 1.54) is 0 Å². The summed E-state index contributed by atoms with van der Waals surface area (Å²) in [6.45, 7) is 3.27. The highest BCUT2D eigenvalue weighted by molar-refractivity contribution is 5.73. The van der Waals surface area contributed by atoms with Gasteiger partial charge in [-0.25, -0.2) is 9.97 Å². The highest BCUT2D eigenvalue weighted by atomic mass is 15.1. The van der Waals surface area contributed by atoms with E-state index in [0.29, 0.717) is 12.0 Å². The molecule has 0 saturated carbocycles. The van der Waals surface area contributed by atoms with Crippen molar-refractivity contribution < 1.29 is 0 Å². The lowest BCUT2D eigenvalue weighted by atomic mass is 10.0. The third kappa shape index (κ3) is 1.76. The minimum Gasteiger partial charge on any atom is -0.373 e. The Bertz CT molecular complexity index is 533. The monoisotopic (exact) mass is 231 g/mol. The molecule has 1 fully saturated rings. The van der Waals surface area contributed by atoms with E-state index < -0.39 is 0 Å². The first-order chi connectivity index (χ1) is 8.28. The van der Waals surface area contributed by atoms with Crippen LogP contribution in [0.25, 0.3) is 11.2 Å². The number of nitrogens with one attached hydrogen (secondary N) is 3. The fourth-order valence-electron chi connectivity index (χ4n) is 2.46. The summed E-state index contributed by atoms with van der Waals surface area (Å²) < 4.78 is 0. The number of nitrogens with zero attached hydrogens (tertiary/aromatic N) is 2. The minimum atomic E-state index is 0.474. The Hall–Kier alpha value is -1.62. The fraction of sp³-hybridized carbons (Fsp3) is 0.500. The first kappa shape index (κ1) is 10.5. The van der Waals surface area contributed by atoms with Crippen LogP contribution in [-0.4, -0.2) is 34.6 Å². The molecule has 2 aromatic heterocycles. The summed E-state index contributed by atoms with van der Waals surface area (Å²) in [6, 6.07) is 4.47. The average molecular weight is 231 g/mol. The molecule has 1 aliphatic heterocycles. The molecule has 1 aliphatic rings. The smallest absolute Gasteiger partial charge is 0.179 e. The molecule has 3 N–H and O–H groups in total. The maximum absolute atomic E-state index is 4.61. The number of imidazole rings is 1. The van der Waals surface area contributed by atoms with E-state index in [2.05, 4.69) is 32.5 Å². The molecule has 0 bridgehead atoms. The zero-order valence-corrected chi connectivity index (χ0v) is 10.1. The Morgan fingerprint density at radius 2 is 2.24 bits per heavy atom. The highest BCUT2D eigenvalue weighted by Gasteiger charge is 2.27. The SMILES string of the molecule is CNc1ccc2[nH]c(C3CCNC3C)nc2n1. The number of hydrogen-bond acceptors (Lipinski definition) is 4. The number of fused-ring (bicyclic) bond motifs is 1. The second-order valence-corrected chi connectivity index (χ2v) is 4.58. The van der Waals surface area contributed by atoms with Crippen molar-refractivity contribution in [3.8, 4) is 0 Å². The van der Waals surface area contributed by atoms with Gasteiger partial charge < -0.3 is 15.6 Å². The lowest BCUT2D eigenvalue weighted by Gasteiger charge is -2.11. The number of H-pyrrole nitrogens is 1. The Morgan fingerprint density at radius 1 is 1.35 bits per heavy atom. The lowest BCUT2D eigenvalue weighted by molar-refractivity contribution is 0.574. The van der Waals surface area contributed by atoms with Crippen LogP contribution in [0, 0.1) is 0 Å². The average Bonchev–Trinajstić information content (AvgIpc) is 2.93. The maximum Gasteiger partial charge on any atom is 0.179 e. The van der Waals surface area contributed by atoms with Gasteiger partial charge in [0.2, 0.25) is 0 Å². The molecule has 90 valence electrons. The predicted octanol–water partition coefficient (Wildman–Crippen LogP) is 1.47. The van der Waals surface area contributed by atoms with Crippen LogP contribution in [0.1, 0.15) is 25.1 Å². The number of aromatic amines is 1. The number of anilines is 1. The van der Waals surface area contributed by atoms with Crippen molar-refractivity contribution in [1.29, 1.82) is 0 Å². The normalized spacial score (nSPS) is 24.4. The van der Waals surface area contributed by atoms with E-state index in [0.717, 1.165) is 35.8 Å². The molecule has 3 heterocycles. The van der Waals surface area contributed by atoms with Gasteiger partial charge in [-0.2, -0.15) is 0 Å². The predicted molar refractivity (Wildman–Crippen MR) is 68.3 cm³/mol. The van der Waals surface area contributed by atoms with Gasteiger partial charge in [0.15, 0.2) is 5.65 Å². The van der Waals surface area contributed by atoms with Crippen LogP contribution in [0.15, 0.2) is 12.1 Å². The van der Waals surface area contributed by atoms with Crippen LogP contribution in [0.5, 0.6) is 0 Å². The lowest BCUT2D eigenvalue weighted by Crippen LogP contribution is -2.22. The molecule has 0 aliphatic carbocycles. The summed E-state index contributed by atoms with van der Waals surface area (Å²) >= 11 is 0. The van der Waals surface area contributed by atoms with Gasteiger partial charge in [-0.15, -0.1) is 0 Å². The molecular formula is C12H17N5. The van der Waals surface area contributed by atoms with Crippen molar-refractivity contribution in [1.82, 2.24) is 20.3 Å². The molecule has 17 heavy (non-hydrogen) atoms. The molecule has 2 atom stereocenters.